The fraction of sp³-hybridized carbons (Fsp3) is 0.833. The SMILES string of the molecule is COC(=O)C(C)OP(C)(C)=O. The maximum absolute atomic E-state index is 11.0. The second-order valence-electron chi connectivity index (χ2n) is 2.52. The molecule has 0 aromatic heterocycles. The zero-order chi connectivity index (χ0) is 9.07. The summed E-state index contributed by atoms with van der Waals surface area (Å²) in [5.74, 6) is -0.506. The van der Waals surface area contributed by atoms with Crippen molar-refractivity contribution < 1.29 is 18.6 Å². The van der Waals surface area contributed by atoms with Gasteiger partial charge in [0.2, 0.25) is 0 Å². The summed E-state index contributed by atoms with van der Waals surface area (Å²) in [5.41, 5.74) is 0. The lowest BCUT2D eigenvalue weighted by Gasteiger charge is -2.13. The molecule has 66 valence electrons. The van der Waals surface area contributed by atoms with Gasteiger partial charge in [0.05, 0.1) is 7.11 Å². The average molecular weight is 180 g/mol. The molecule has 0 aromatic carbocycles. The lowest BCUT2D eigenvalue weighted by atomic mass is 10.4. The summed E-state index contributed by atoms with van der Waals surface area (Å²) in [4.78, 5) is 10.7. The van der Waals surface area contributed by atoms with Gasteiger partial charge < -0.3 is 9.26 Å². The van der Waals surface area contributed by atoms with Crippen LogP contribution in [0.5, 0.6) is 0 Å². The van der Waals surface area contributed by atoms with E-state index in [1.807, 2.05) is 0 Å². The van der Waals surface area contributed by atoms with Crippen LogP contribution in [0.25, 0.3) is 0 Å². The van der Waals surface area contributed by atoms with Gasteiger partial charge in [-0.15, -0.1) is 0 Å². The third kappa shape index (κ3) is 4.99. The minimum Gasteiger partial charge on any atom is -0.467 e. The largest absolute Gasteiger partial charge is 0.467 e. The molecule has 0 aromatic rings. The van der Waals surface area contributed by atoms with E-state index in [0.29, 0.717) is 0 Å². The fourth-order valence-electron chi connectivity index (χ4n) is 0.590. The standard InChI is InChI=1S/C6H13O4P/c1-5(6(7)9-2)10-11(3,4)8/h5H,1-4H3. The Morgan fingerprint density at radius 1 is 1.45 bits per heavy atom. The van der Waals surface area contributed by atoms with Crippen molar-refractivity contribution in [2.24, 2.45) is 0 Å². The van der Waals surface area contributed by atoms with E-state index >= 15 is 0 Å². The van der Waals surface area contributed by atoms with E-state index in [9.17, 15) is 9.36 Å². The summed E-state index contributed by atoms with van der Waals surface area (Å²) in [6.45, 7) is 4.41. The summed E-state index contributed by atoms with van der Waals surface area (Å²) in [6, 6.07) is 0. The molecule has 11 heavy (non-hydrogen) atoms. The summed E-state index contributed by atoms with van der Waals surface area (Å²) in [6.07, 6.45) is -0.749. The maximum atomic E-state index is 11.0. The molecule has 0 rings (SSSR count). The van der Waals surface area contributed by atoms with E-state index < -0.39 is 19.4 Å². The molecule has 0 aliphatic rings. The summed E-state index contributed by atoms with van der Waals surface area (Å²) >= 11 is 0. The number of carbonyl (C=O) groups is 1. The van der Waals surface area contributed by atoms with E-state index in [4.69, 9.17) is 4.52 Å². The minimum atomic E-state index is -2.59. The van der Waals surface area contributed by atoms with Gasteiger partial charge in [0.15, 0.2) is 13.5 Å². The van der Waals surface area contributed by atoms with Gasteiger partial charge in [-0.25, -0.2) is 4.79 Å². The van der Waals surface area contributed by atoms with Crippen molar-refractivity contribution in [3.8, 4) is 0 Å². The quantitative estimate of drug-likeness (QED) is 0.482. The van der Waals surface area contributed by atoms with Crippen LogP contribution >= 0.6 is 7.37 Å². The second kappa shape index (κ2) is 3.88. The van der Waals surface area contributed by atoms with E-state index in [0.717, 1.165) is 0 Å². The van der Waals surface area contributed by atoms with Gasteiger partial charge in [0, 0.05) is 13.3 Å². The van der Waals surface area contributed by atoms with Crippen LogP contribution in [0.1, 0.15) is 6.92 Å². The Morgan fingerprint density at radius 2 is 1.91 bits per heavy atom. The first-order valence-corrected chi connectivity index (χ1v) is 5.70. The highest BCUT2D eigenvalue weighted by molar-refractivity contribution is 7.57. The fourth-order valence-corrected chi connectivity index (χ4v) is 1.44. The predicted molar refractivity (Wildman–Crippen MR) is 42.0 cm³/mol. The van der Waals surface area contributed by atoms with Crippen molar-refractivity contribution >= 4 is 13.3 Å². The zero-order valence-corrected chi connectivity index (χ0v) is 8.05. The molecule has 1 unspecified atom stereocenters. The van der Waals surface area contributed by atoms with Crippen LogP contribution in [0.2, 0.25) is 0 Å². The molecule has 0 aliphatic heterocycles. The molecule has 4 nitrogen and oxygen atoms in total. The topological polar surface area (TPSA) is 52.6 Å². The number of rotatable bonds is 3. The van der Waals surface area contributed by atoms with Gasteiger partial charge in [-0.3, -0.25) is 4.57 Å². The zero-order valence-electron chi connectivity index (χ0n) is 7.16. The average Bonchev–Trinajstić information content (AvgIpc) is 1.82. The lowest BCUT2D eigenvalue weighted by Crippen LogP contribution is -2.20. The van der Waals surface area contributed by atoms with Crippen molar-refractivity contribution in [3.05, 3.63) is 0 Å². The van der Waals surface area contributed by atoms with Crippen molar-refractivity contribution in [2.75, 3.05) is 20.4 Å². The highest BCUT2D eigenvalue weighted by Gasteiger charge is 2.19. The molecule has 0 saturated heterocycles. The Kier molecular flexibility index (Phi) is 3.76. The smallest absolute Gasteiger partial charge is 0.335 e. The number of carbonyl (C=O) groups excluding carboxylic acids is 1. The molecular weight excluding hydrogens is 167 g/mol. The van der Waals surface area contributed by atoms with Crippen LogP contribution in [0.3, 0.4) is 0 Å². The molecule has 5 heteroatoms. The normalized spacial score (nSPS) is 14.2. The Morgan fingerprint density at radius 3 is 2.18 bits per heavy atom. The van der Waals surface area contributed by atoms with Crippen LogP contribution in [0.4, 0.5) is 0 Å². The third-order valence-electron chi connectivity index (χ3n) is 0.945. The Hall–Kier alpha value is -0.340. The predicted octanol–water partition coefficient (Wildman–Crippen LogP) is 1.10. The number of ether oxygens (including phenoxy) is 1. The Bertz CT molecular complexity index is 183. The van der Waals surface area contributed by atoms with Crippen molar-refractivity contribution in [1.29, 1.82) is 0 Å². The molecule has 0 radical (unpaired) electrons. The summed E-state index contributed by atoms with van der Waals surface area (Å²) in [7, 11) is -1.33. The first-order valence-electron chi connectivity index (χ1n) is 3.18. The van der Waals surface area contributed by atoms with Crippen LogP contribution in [-0.4, -0.2) is 32.5 Å². The Labute approximate surface area is 66.3 Å². The van der Waals surface area contributed by atoms with E-state index in [1.54, 1.807) is 0 Å². The van der Waals surface area contributed by atoms with Crippen molar-refractivity contribution in [1.82, 2.24) is 0 Å². The van der Waals surface area contributed by atoms with Gasteiger partial charge in [-0.1, -0.05) is 0 Å². The number of esters is 1. The van der Waals surface area contributed by atoms with Crippen molar-refractivity contribution in [3.63, 3.8) is 0 Å². The highest BCUT2D eigenvalue weighted by Crippen LogP contribution is 2.38. The van der Waals surface area contributed by atoms with Crippen LogP contribution in [-0.2, 0) is 18.6 Å². The molecule has 0 bridgehead atoms. The second-order valence-corrected chi connectivity index (χ2v) is 5.24. The van der Waals surface area contributed by atoms with E-state index in [1.165, 1.54) is 27.4 Å². The summed E-state index contributed by atoms with van der Waals surface area (Å²) < 4.78 is 20.3. The molecule has 0 amide bonds. The molecule has 0 saturated carbocycles. The molecule has 0 spiro atoms. The molecule has 1 atom stereocenters. The van der Waals surface area contributed by atoms with Crippen LogP contribution in [0, 0.1) is 0 Å². The molecular formula is C6H13O4P. The van der Waals surface area contributed by atoms with Gasteiger partial charge in [0.25, 0.3) is 0 Å². The van der Waals surface area contributed by atoms with Crippen molar-refractivity contribution in [2.45, 2.75) is 13.0 Å². The minimum absolute atomic E-state index is 0.506. The summed E-state index contributed by atoms with van der Waals surface area (Å²) in [5, 5.41) is 0. The monoisotopic (exact) mass is 180 g/mol. The molecule has 0 aliphatic carbocycles. The number of methoxy groups -OCH3 is 1. The number of hydrogen-bond acceptors (Lipinski definition) is 4. The maximum Gasteiger partial charge on any atom is 0.335 e. The van der Waals surface area contributed by atoms with Gasteiger partial charge in [-0.05, 0) is 6.92 Å². The first-order chi connectivity index (χ1) is 4.87. The van der Waals surface area contributed by atoms with Crippen LogP contribution in [0.15, 0.2) is 0 Å². The highest BCUT2D eigenvalue weighted by atomic mass is 31.2. The molecule has 0 heterocycles. The van der Waals surface area contributed by atoms with E-state index in [2.05, 4.69) is 4.74 Å². The molecule has 0 N–H and O–H groups in total. The van der Waals surface area contributed by atoms with Gasteiger partial charge >= 0.3 is 5.97 Å². The van der Waals surface area contributed by atoms with Gasteiger partial charge in [0.1, 0.15) is 0 Å². The first kappa shape index (κ1) is 10.7. The van der Waals surface area contributed by atoms with Gasteiger partial charge in [-0.2, -0.15) is 0 Å². The third-order valence-corrected chi connectivity index (χ3v) is 1.77. The number of hydrogen-bond donors (Lipinski definition) is 0. The van der Waals surface area contributed by atoms with E-state index in [-0.39, 0.29) is 0 Å². The molecule has 0 fully saturated rings. The van der Waals surface area contributed by atoms with Crippen LogP contribution < -0.4 is 0 Å². The Balaban J connectivity index is 3.98. The lowest BCUT2D eigenvalue weighted by molar-refractivity contribution is -0.147.